The topological polar surface area (TPSA) is 106 Å². The summed E-state index contributed by atoms with van der Waals surface area (Å²) in [5.41, 5.74) is -0.0303. The second-order valence-corrected chi connectivity index (χ2v) is 5.26. The van der Waals surface area contributed by atoms with E-state index in [1.807, 2.05) is 6.07 Å². The first-order valence-electron chi connectivity index (χ1n) is 5.95. The Hall–Kier alpha value is -2.14. The van der Waals surface area contributed by atoms with Crippen molar-refractivity contribution in [3.8, 4) is 6.07 Å². The normalized spacial score (nSPS) is 13.1. The minimum absolute atomic E-state index is 0.0303. The third-order valence-electron chi connectivity index (χ3n) is 2.82. The van der Waals surface area contributed by atoms with Crippen LogP contribution >= 0.6 is 11.3 Å². The zero-order chi connectivity index (χ0) is 15.3. The summed E-state index contributed by atoms with van der Waals surface area (Å²) in [6.07, 6.45) is 0.249. The van der Waals surface area contributed by atoms with Crippen molar-refractivity contribution in [2.24, 2.45) is 0 Å². The Morgan fingerprint density at radius 3 is 2.75 bits per heavy atom. The van der Waals surface area contributed by atoms with Crippen LogP contribution in [0.1, 0.15) is 41.8 Å². The first-order chi connectivity index (χ1) is 9.36. The zero-order valence-corrected chi connectivity index (χ0v) is 12.3. The average molecular weight is 296 g/mol. The fourth-order valence-electron chi connectivity index (χ4n) is 1.40. The van der Waals surface area contributed by atoms with Crippen LogP contribution in [0.5, 0.6) is 0 Å². The van der Waals surface area contributed by atoms with Crippen LogP contribution in [-0.2, 0) is 0 Å². The third-order valence-corrected chi connectivity index (χ3v) is 3.85. The van der Waals surface area contributed by atoms with Gasteiger partial charge in [-0.05, 0) is 13.8 Å². The van der Waals surface area contributed by atoms with Gasteiger partial charge in [-0.2, -0.15) is 5.26 Å². The van der Waals surface area contributed by atoms with Crippen LogP contribution < -0.4 is 5.32 Å². The molecule has 0 radical (unpaired) electrons. The monoisotopic (exact) mass is 296 g/mol. The summed E-state index contributed by atoms with van der Waals surface area (Å²) in [6.45, 7) is 3.50. The highest BCUT2D eigenvalue weighted by molar-refractivity contribution is 7.09. The lowest BCUT2D eigenvalue weighted by atomic mass is 10.2. The van der Waals surface area contributed by atoms with Crippen molar-refractivity contribution < 1.29 is 14.7 Å². The van der Waals surface area contributed by atoms with Crippen molar-refractivity contribution in [2.75, 3.05) is 7.05 Å². The van der Waals surface area contributed by atoms with Crippen molar-refractivity contribution >= 4 is 23.3 Å². The molecule has 0 aliphatic rings. The highest BCUT2D eigenvalue weighted by Crippen LogP contribution is 2.18. The van der Waals surface area contributed by atoms with E-state index in [1.165, 1.54) is 21.6 Å². The van der Waals surface area contributed by atoms with Crippen LogP contribution in [0.15, 0.2) is 5.38 Å². The lowest BCUT2D eigenvalue weighted by molar-refractivity contribution is 0.0691. The number of nitriles is 1. The molecule has 0 spiro atoms. The molecule has 1 heterocycles. The molecule has 0 fully saturated rings. The molecule has 1 rings (SSSR count). The maximum atomic E-state index is 11.9. The number of thiazole rings is 1. The fourth-order valence-corrected chi connectivity index (χ4v) is 2.20. The van der Waals surface area contributed by atoms with Gasteiger partial charge in [-0.15, -0.1) is 11.3 Å². The molecule has 2 atom stereocenters. The SMILES string of the molecule is CC(NC(=O)N(C)C(C)CC#N)c1nc(C(=O)O)cs1. The molecule has 8 heteroatoms. The van der Waals surface area contributed by atoms with Gasteiger partial charge in [0, 0.05) is 18.5 Å². The highest BCUT2D eigenvalue weighted by Gasteiger charge is 2.20. The number of nitrogens with zero attached hydrogens (tertiary/aromatic N) is 3. The fraction of sp³-hybridized carbons (Fsp3) is 0.500. The lowest BCUT2D eigenvalue weighted by Crippen LogP contribution is -2.43. The Morgan fingerprint density at radius 2 is 2.25 bits per heavy atom. The van der Waals surface area contributed by atoms with Gasteiger partial charge in [0.2, 0.25) is 0 Å². The molecule has 7 nitrogen and oxygen atoms in total. The van der Waals surface area contributed by atoms with E-state index in [1.54, 1.807) is 20.9 Å². The van der Waals surface area contributed by atoms with Gasteiger partial charge in [-0.25, -0.2) is 14.6 Å². The molecule has 2 amide bonds. The summed E-state index contributed by atoms with van der Waals surface area (Å²) in [6, 6.07) is 1.09. The molecule has 20 heavy (non-hydrogen) atoms. The van der Waals surface area contributed by atoms with Gasteiger partial charge >= 0.3 is 12.0 Å². The molecule has 1 aromatic heterocycles. The maximum Gasteiger partial charge on any atom is 0.355 e. The Bertz CT molecular complexity index is 537. The van der Waals surface area contributed by atoms with E-state index in [4.69, 9.17) is 10.4 Å². The number of hydrogen-bond acceptors (Lipinski definition) is 5. The van der Waals surface area contributed by atoms with E-state index in [0.29, 0.717) is 5.01 Å². The summed E-state index contributed by atoms with van der Waals surface area (Å²) in [5.74, 6) is -1.09. The molecule has 0 aliphatic carbocycles. The van der Waals surface area contributed by atoms with Crippen molar-refractivity contribution in [3.05, 3.63) is 16.1 Å². The van der Waals surface area contributed by atoms with Crippen LogP contribution in [0.3, 0.4) is 0 Å². The van der Waals surface area contributed by atoms with Gasteiger partial charge in [0.25, 0.3) is 0 Å². The van der Waals surface area contributed by atoms with E-state index in [9.17, 15) is 9.59 Å². The van der Waals surface area contributed by atoms with Crippen LogP contribution in [0.2, 0.25) is 0 Å². The number of carbonyl (C=O) groups is 2. The second kappa shape index (κ2) is 6.86. The first kappa shape index (κ1) is 15.9. The van der Waals surface area contributed by atoms with Crippen molar-refractivity contribution in [3.63, 3.8) is 0 Å². The third kappa shape index (κ3) is 3.93. The predicted octanol–water partition coefficient (Wildman–Crippen LogP) is 1.85. The molecule has 0 saturated carbocycles. The Labute approximate surface area is 120 Å². The number of hydrogen-bond donors (Lipinski definition) is 2. The van der Waals surface area contributed by atoms with E-state index < -0.39 is 12.0 Å². The Kier molecular flexibility index (Phi) is 5.46. The number of aromatic carboxylic acids is 1. The van der Waals surface area contributed by atoms with Gasteiger partial charge in [0.1, 0.15) is 5.01 Å². The Balaban J connectivity index is 2.65. The molecule has 108 valence electrons. The minimum Gasteiger partial charge on any atom is -0.476 e. The molecular formula is C12H16N4O3S. The molecule has 0 saturated heterocycles. The van der Waals surface area contributed by atoms with E-state index in [0.717, 1.165) is 0 Å². The number of amides is 2. The lowest BCUT2D eigenvalue weighted by Gasteiger charge is -2.24. The van der Waals surface area contributed by atoms with Crippen molar-refractivity contribution in [1.82, 2.24) is 15.2 Å². The molecule has 0 aliphatic heterocycles. The molecular weight excluding hydrogens is 280 g/mol. The molecule has 0 bridgehead atoms. The standard InChI is InChI=1S/C12H16N4O3S/c1-7(4-5-13)16(3)12(19)14-8(2)10-15-9(6-20-10)11(17)18/h6-8H,4H2,1-3H3,(H,14,19)(H,17,18). The van der Waals surface area contributed by atoms with Gasteiger partial charge in [-0.1, -0.05) is 0 Å². The largest absolute Gasteiger partial charge is 0.476 e. The van der Waals surface area contributed by atoms with Gasteiger partial charge < -0.3 is 15.3 Å². The van der Waals surface area contributed by atoms with Crippen LogP contribution in [0.25, 0.3) is 0 Å². The summed E-state index contributed by atoms with van der Waals surface area (Å²) in [4.78, 5) is 28.1. The van der Waals surface area contributed by atoms with Gasteiger partial charge in [0.05, 0.1) is 18.5 Å². The summed E-state index contributed by atoms with van der Waals surface area (Å²) in [5, 5.41) is 22.1. The first-order valence-corrected chi connectivity index (χ1v) is 6.83. The van der Waals surface area contributed by atoms with Crippen LogP contribution in [0.4, 0.5) is 4.79 Å². The number of aromatic nitrogens is 1. The smallest absolute Gasteiger partial charge is 0.355 e. The summed E-state index contributed by atoms with van der Waals surface area (Å²) < 4.78 is 0. The molecule has 2 N–H and O–H groups in total. The zero-order valence-electron chi connectivity index (χ0n) is 11.5. The van der Waals surface area contributed by atoms with Gasteiger partial charge in [0.15, 0.2) is 5.69 Å². The van der Waals surface area contributed by atoms with E-state index in [2.05, 4.69) is 10.3 Å². The number of nitrogens with one attached hydrogen (secondary N) is 1. The number of carboxylic acids is 1. The number of carbonyl (C=O) groups excluding carboxylic acids is 1. The van der Waals surface area contributed by atoms with Crippen LogP contribution in [0, 0.1) is 11.3 Å². The number of urea groups is 1. The maximum absolute atomic E-state index is 11.9. The quantitative estimate of drug-likeness (QED) is 0.862. The minimum atomic E-state index is -1.09. The van der Waals surface area contributed by atoms with Gasteiger partial charge in [-0.3, -0.25) is 0 Å². The predicted molar refractivity (Wildman–Crippen MR) is 73.5 cm³/mol. The average Bonchev–Trinajstić information content (AvgIpc) is 2.87. The summed E-state index contributed by atoms with van der Waals surface area (Å²) >= 11 is 1.18. The molecule has 1 aromatic rings. The molecule has 0 aromatic carbocycles. The molecule has 2 unspecified atom stereocenters. The van der Waals surface area contributed by atoms with E-state index in [-0.39, 0.29) is 24.2 Å². The highest BCUT2D eigenvalue weighted by atomic mass is 32.1. The van der Waals surface area contributed by atoms with Crippen molar-refractivity contribution in [1.29, 1.82) is 5.26 Å². The van der Waals surface area contributed by atoms with Crippen LogP contribution in [-0.4, -0.2) is 40.1 Å². The number of rotatable bonds is 5. The van der Waals surface area contributed by atoms with E-state index >= 15 is 0 Å². The number of carboxylic acid groups (broad SMARTS) is 1. The summed E-state index contributed by atoms with van der Waals surface area (Å²) in [7, 11) is 1.61. The van der Waals surface area contributed by atoms with Crippen molar-refractivity contribution in [2.45, 2.75) is 32.4 Å². The second-order valence-electron chi connectivity index (χ2n) is 4.37. The Morgan fingerprint density at radius 1 is 1.60 bits per heavy atom.